The van der Waals surface area contributed by atoms with E-state index in [4.69, 9.17) is 9.72 Å². The van der Waals surface area contributed by atoms with E-state index in [0.717, 1.165) is 25.7 Å². The first-order valence-corrected chi connectivity index (χ1v) is 16.6. The molecule has 2 fully saturated rings. The predicted octanol–water partition coefficient (Wildman–Crippen LogP) is 5.09. The SMILES string of the molecule is CC1(C)CC2CCCCNc3ccc(cn3)S(=O)(=O)NC(=O)c3ccc(-n4ccc(OCCC5(C(F)(F)F)CC5)n4)nc3N1C2. The van der Waals surface area contributed by atoms with E-state index in [1.54, 1.807) is 12.3 Å². The van der Waals surface area contributed by atoms with Crippen molar-refractivity contribution in [2.75, 3.05) is 29.9 Å². The fourth-order valence-electron chi connectivity index (χ4n) is 6.25. The quantitative estimate of drug-likeness (QED) is 0.389. The molecule has 6 heterocycles. The number of alkyl halides is 3. The molecular formula is C30H36F3N7O4S. The highest BCUT2D eigenvalue weighted by Crippen LogP contribution is 2.59. The van der Waals surface area contributed by atoms with Gasteiger partial charge in [0.1, 0.15) is 16.5 Å². The lowest BCUT2D eigenvalue weighted by atomic mass is 9.93. The third-order valence-electron chi connectivity index (χ3n) is 9.02. The average molecular weight is 648 g/mol. The van der Waals surface area contributed by atoms with Gasteiger partial charge in [0.05, 0.1) is 17.6 Å². The number of pyridine rings is 2. The van der Waals surface area contributed by atoms with Gasteiger partial charge in [-0.2, -0.15) is 13.2 Å². The second kappa shape index (κ2) is 11.5. The fourth-order valence-corrected chi connectivity index (χ4v) is 7.16. The summed E-state index contributed by atoms with van der Waals surface area (Å²) >= 11 is 0. The third kappa shape index (κ3) is 6.44. The van der Waals surface area contributed by atoms with Gasteiger partial charge in [-0.25, -0.2) is 27.8 Å². The smallest absolute Gasteiger partial charge is 0.394 e. The van der Waals surface area contributed by atoms with Crippen LogP contribution in [-0.2, 0) is 10.0 Å². The van der Waals surface area contributed by atoms with Crippen LogP contribution in [0.3, 0.4) is 0 Å². The molecule has 7 rings (SSSR count). The van der Waals surface area contributed by atoms with Crippen molar-refractivity contribution in [3.63, 3.8) is 0 Å². The summed E-state index contributed by atoms with van der Waals surface area (Å²) in [6.07, 6.45) is 2.33. The maximum absolute atomic E-state index is 13.6. The molecule has 4 aliphatic rings. The molecule has 11 nitrogen and oxygen atoms in total. The van der Waals surface area contributed by atoms with Crippen LogP contribution in [0.5, 0.6) is 5.88 Å². The topological polar surface area (TPSA) is 131 Å². The highest BCUT2D eigenvalue weighted by atomic mass is 32.2. The zero-order chi connectivity index (χ0) is 32.0. The van der Waals surface area contributed by atoms with E-state index >= 15 is 0 Å². The summed E-state index contributed by atoms with van der Waals surface area (Å²) in [5, 5.41) is 7.57. The van der Waals surface area contributed by atoms with Crippen molar-refractivity contribution in [3.05, 3.63) is 48.3 Å². The second-order valence-corrected chi connectivity index (χ2v) is 14.4. The monoisotopic (exact) mass is 647 g/mol. The molecule has 4 bridgehead atoms. The van der Waals surface area contributed by atoms with Crippen LogP contribution in [-0.4, -0.2) is 65.5 Å². The van der Waals surface area contributed by atoms with Crippen LogP contribution >= 0.6 is 0 Å². The molecule has 0 aromatic carbocycles. The minimum absolute atomic E-state index is 0.0807. The normalized spacial score (nSPS) is 22.2. The Hall–Kier alpha value is -3.88. The Kier molecular flexibility index (Phi) is 7.94. The molecule has 3 aromatic rings. The van der Waals surface area contributed by atoms with Gasteiger partial charge in [0.2, 0.25) is 5.88 Å². The highest BCUT2D eigenvalue weighted by molar-refractivity contribution is 7.90. The lowest BCUT2D eigenvalue weighted by molar-refractivity contribution is -0.190. The number of hydrogen-bond acceptors (Lipinski definition) is 9. The van der Waals surface area contributed by atoms with Gasteiger partial charge in [0.25, 0.3) is 15.9 Å². The first kappa shape index (κ1) is 31.1. The summed E-state index contributed by atoms with van der Waals surface area (Å²) in [6, 6.07) is 7.55. The molecule has 15 heteroatoms. The molecule has 1 amide bonds. The summed E-state index contributed by atoms with van der Waals surface area (Å²) in [7, 11) is -4.24. The summed E-state index contributed by atoms with van der Waals surface area (Å²) in [4.78, 5) is 24.5. The molecule has 3 aromatic heterocycles. The van der Waals surface area contributed by atoms with Gasteiger partial charge in [-0.15, -0.1) is 5.10 Å². The Morgan fingerprint density at radius 2 is 1.91 bits per heavy atom. The number of hydrogen-bond donors (Lipinski definition) is 2. The van der Waals surface area contributed by atoms with Gasteiger partial charge in [-0.3, -0.25) is 4.79 Å². The fraction of sp³-hybridized carbons (Fsp3) is 0.533. The van der Waals surface area contributed by atoms with Crippen molar-refractivity contribution in [2.24, 2.45) is 11.3 Å². The van der Waals surface area contributed by atoms with Crippen molar-refractivity contribution < 1.29 is 31.1 Å². The zero-order valence-corrected chi connectivity index (χ0v) is 25.9. The van der Waals surface area contributed by atoms with Crippen LogP contribution in [0, 0.1) is 11.3 Å². The summed E-state index contributed by atoms with van der Waals surface area (Å²) < 4.78 is 75.3. The number of rotatable bonds is 5. The lowest BCUT2D eigenvalue weighted by Gasteiger charge is -2.34. The minimum atomic E-state index is -4.25. The van der Waals surface area contributed by atoms with Gasteiger partial charge >= 0.3 is 6.18 Å². The van der Waals surface area contributed by atoms with Gasteiger partial charge in [-0.05, 0) is 82.6 Å². The van der Waals surface area contributed by atoms with Gasteiger partial charge in [-0.1, -0.05) is 6.42 Å². The first-order chi connectivity index (χ1) is 21.3. The number of carbonyl (C=O) groups is 1. The number of sulfonamides is 1. The average Bonchev–Trinajstić information content (AvgIpc) is 3.53. The summed E-state index contributed by atoms with van der Waals surface area (Å²) in [5.41, 5.74) is -1.97. The molecular weight excluding hydrogens is 611 g/mol. The number of carbonyl (C=O) groups excluding carboxylic acids is 1. The number of amides is 1. The molecule has 242 valence electrons. The maximum atomic E-state index is 13.6. The molecule has 0 radical (unpaired) electrons. The van der Waals surface area contributed by atoms with Crippen molar-refractivity contribution in [2.45, 2.75) is 75.4 Å². The molecule has 1 saturated carbocycles. The van der Waals surface area contributed by atoms with Crippen molar-refractivity contribution in [3.8, 4) is 11.7 Å². The lowest BCUT2D eigenvalue weighted by Crippen LogP contribution is -2.41. The van der Waals surface area contributed by atoms with Gasteiger partial charge < -0.3 is 15.0 Å². The minimum Gasteiger partial charge on any atom is -0.477 e. The first-order valence-electron chi connectivity index (χ1n) is 15.1. The van der Waals surface area contributed by atoms with Gasteiger partial charge in [0.15, 0.2) is 5.82 Å². The van der Waals surface area contributed by atoms with E-state index in [1.807, 2.05) is 4.90 Å². The van der Waals surface area contributed by atoms with Crippen LogP contribution in [0.25, 0.3) is 5.82 Å². The summed E-state index contributed by atoms with van der Waals surface area (Å²) in [6.45, 7) is 5.33. The largest absolute Gasteiger partial charge is 0.477 e. The van der Waals surface area contributed by atoms with E-state index in [9.17, 15) is 26.4 Å². The Morgan fingerprint density at radius 3 is 2.62 bits per heavy atom. The van der Waals surface area contributed by atoms with Crippen LogP contribution in [0.1, 0.15) is 69.2 Å². The van der Waals surface area contributed by atoms with Crippen molar-refractivity contribution >= 4 is 27.6 Å². The van der Waals surface area contributed by atoms with Crippen molar-refractivity contribution in [1.29, 1.82) is 0 Å². The van der Waals surface area contributed by atoms with E-state index in [2.05, 4.69) is 34.0 Å². The molecule has 0 spiro atoms. The van der Waals surface area contributed by atoms with Crippen LogP contribution < -0.4 is 19.7 Å². The number of fused-ring (bicyclic) bond motifs is 8. The Bertz CT molecular complexity index is 1670. The van der Waals surface area contributed by atoms with E-state index in [1.165, 1.54) is 35.1 Å². The number of aromatic nitrogens is 4. The Morgan fingerprint density at radius 1 is 1.11 bits per heavy atom. The van der Waals surface area contributed by atoms with Gasteiger partial charge in [0, 0.05) is 37.1 Å². The van der Waals surface area contributed by atoms with Crippen LogP contribution in [0.2, 0.25) is 0 Å². The Labute approximate surface area is 259 Å². The highest BCUT2D eigenvalue weighted by Gasteiger charge is 2.62. The molecule has 1 saturated heterocycles. The number of ether oxygens (including phenoxy) is 1. The molecule has 1 aliphatic carbocycles. The molecule has 2 N–H and O–H groups in total. The molecule has 45 heavy (non-hydrogen) atoms. The second-order valence-electron chi connectivity index (χ2n) is 12.7. The predicted molar refractivity (Wildman–Crippen MR) is 160 cm³/mol. The van der Waals surface area contributed by atoms with E-state index in [0.29, 0.717) is 36.5 Å². The van der Waals surface area contributed by atoms with E-state index in [-0.39, 0.29) is 47.7 Å². The molecule has 3 aliphatic heterocycles. The third-order valence-corrected chi connectivity index (χ3v) is 10.3. The maximum Gasteiger partial charge on any atom is 0.394 e. The summed E-state index contributed by atoms with van der Waals surface area (Å²) in [5.74, 6) is 0.847. The number of halogens is 3. The number of nitrogens with one attached hydrogen (secondary N) is 2. The molecule has 1 atom stereocenters. The van der Waals surface area contributed by atoms with E-state index < -0.39 is 27.5 Å². The van der Waals surface area contributed by atoms with Crippen LogP contribution in [0.4, 0.5) is 24.8 Å². The molecule has 1 unspecified atom stereocenters. The Balaban J connectivity index is 1.29. The van der Waals surface area contributed by atoms with Crippen LogP contribution in [0.15, 0.2) is 47.6 Å². The number of nitrogens with zero attached hydrogens (tertiary/aromatic N) is 5. The number of anilines is 2. The zero-order valence-electron chi connectivity index (χ0n) is 25.1. The van der Waals surface area contributed by atoms with Crippen molar-refractivity contribution in [1.82, 2.24) is 24.5 Å². The standard InChI is InChI=1S/C30H36F3N7O4S/c1-28(2)17-20-5-3-4-14-34-23-8-6-21(18-35-23)45(42,43)38-27(41)22-7-9-24(36-26(22)39(28)19-20)40-15-10-25(37-40)44-16-13-29(11-12-29)30(31,32)33/h6-10,15,18,20H,3-5,11-14,16-17,19H2,1-2H3,(H,34,35)(H,38,41).